The molecule has 104 valence electrons. The minimum atomic E-state index is -1.25. The molecule has 2 aromatic rings. The minimum absolute atomic E-state index is 0.0564. The molecule has 0 aromatic carbocycles. The Morgan fingerprint density at radius 1 is 1.60 bits per heavy atom. The van der Waals surface area contributed by atoms with Crippen molar-refractivity contribution in [1.82, 2.24) is 4.98 Å². The lowest BCUT2D eigenvalue weighted by Gasteiger charge is -2.12. The maximum Gasteiger partial charge on any atom is 0.337 e. The molecular weight excluding hydrogens is 282 g/mol. The highest BCUT2D eigenvalue weighted by atomic mass is 32.1. The van der Waals surface area contributed by atoms with Crippen LogP contribution < -0.4 is 5.32 Å². The topological polar surface area (TPSA) is 105 Å². The second kappa shape index (κ2) is 5.66. The van der Waals surface area contributed by atoms with Gasteiger partial charge in [-0.3, -0.25) is 10.1 Å². The standard InChI is InChI=1S/C12H11N3O4S/c1-7(10-3-2-4-20-10)14-11-9(15(18)19)5-8(6-13-11)12(16)17/h2-7H,1H3,(H,13,14)(H,16,17). The highest BCUT2D eigenvalue weighted by molar-refractivity contribution is 7.10. The summed E-state index contributed by atoms with van der Waals surface area (Å²) in [7, 11) is 0. The molecule has 2 N–H and O–H groups in total. The van der Waals surface area contributed by atoms with Crippen LogP contribution in [0.3, 0.4) is 0 Å². The molecule has 2 heterocycles. The van der Waals surface area contributed by atoms with Gasteiger partial charge in [0.05, 0.1) is 16.5 Å². The van der Waals surface area contributed by atoms with Crippen molar-refractivity contribution in [3.8, 4) is 0 Å². The summed E-state index contributed by atoms with van der Waals surface area (Å²) >= 11 is 1.52. The number of anilines is 1. The number of aromatic carboxylic acids is 1. The van der Waals surface area contributed by atoms with Crippen LogP contribution in [-0.4, -0.2) is 21.0 Å². The molecule has 0 radical (unpaired) electrons. The summed E-state index contributed by atoms with van der Waals surface area (Å²) in [5.41, 5.74) is -0.570. The van der Waals surface area contributed by atoms with E-state index < -0.39 is 10.9 Å². The molecule has 2 aromatic heterocycles. The van der Waals surface area contributed by atoms with Crippen LogP contribution in [0.25, 0.3) is 0 Å². The second-order valence-electron chi connectivity index (χ2n) is 4.04. The molecule has 2 rings (SSSR count). The number of nitro groups is 1. The predicted octanol–water partition coefficient (Wildman–Crippen LogP) is 2.92. The first kappa shape index (κ1) is 13.9. The number of carboxylic acid groups (broad SMARTS) is 1. The summed E-state index contributed by atoms with van der Waals surface area (Å²) in [6, 6.07) is 4.63. The number of hydrogen-bond acceptors (Lipinski definition) is 6. The monoisotopic (exact) mass is 293 g/mol. The average Bonchev–Trinajstić information content (AvgIpc) is 2.92. The van der Waals surface area contributed by atoms with E-state index in [9.17, 15) is 14.9 Å². The van der Waals surface area contributed by atoms with Crippen LogP contribution in [-0.2, 0) is 0 Å². The van der Waals surface area contributed by atoms with Gasteiger partial charge in [-0.05, 0) is 18.4 Å². The van der Waals surface area contributed by atoms with Crippen LogP contribution in [0.4, 0.5) is 11.5 Å². The fraction of sp³-hybridized carbons (Fsp3) is 0.167. The highest BCUT2D eigenvalue weighted by Gasteiger charge is 2.20. The summed E-state index contributed by atoms with van der Waals surface area (Å²) in [5, 5.41) is 24.7. The first-order chi connectivity index (χ1) is 9.49. The van der Waals surface area contributed by atoms with Crippen molar-refractivity contribution in [2.75, 3.05) is 5.32 Å². The van der Waals surface area contributed by atoms with E-state index >= 15 is 0 Å². The van der Waals surface area contributed by atoms with Gasteiger partial charge in [0.15, 0.2) is 0 Å². The molecule has 0 spiro atoms. The van der Waals surface area contributed by atoms with E-state index in [1.165, 1.54) is 11.3 Å². The molecule has 1 unspecified atom stereocenters. The molecule has 0 fully saturated rings. The van der Waals surface area contributed by atoms with Gasteiger partial charge in [-0.15, -0.1) is 11.3 Å². The fourth-order valence-corrected chi connectivity index (χ4v) is 2.37. The molecule has 0 bridgehead atoms. The number of nitrogens with one attached hydrogen (secondary N) is 1. The largest absolute Gasteiger partial charge is 0.478 e. The molecule has 0 aliphatic carbocycles. The molecular formula is C12H11N3O4S. The van der Waals surface area contributed by atoms with Crippen LogP contribution in [0, 0.1) is 10.1 Å². The molecule has 1 atom stereocenters. The van der Waals surface area contributed by atoms with Gasteiger partial charge in [-0.2, -0.15) is 0 Å². The van der Waals surface area contributed by atoms with Gasteiger partial charge in [0, 0.05) is 17.1 Å². The molecule has 8 heteroatoms. The summed E-state index contributed by atoms with van der Waals surface area (Å²) in [6.45, 7) is 1.85. The molecule has 0 saturated heterocycles. The van der Waals surface area contributed by atoms with Crippen LogP contribution >= 0.6 is 11.3 Å². The third-order valence-corrected chi connectivity index (χ3v) is 3.69. The van der Waals surface area contributed by atoms with Crippen LogP contribution in [0.1, 0.15) is 28.2 Å². The lowest BCUT2D eigenvalue weighted by molar-refractivity contribution is -0.384. The first-order valence-electron chi connectivity index (χ1n) is 5.66. The van der Waals surface area contributed by atoms with Gasteiger partial charge in [0.2, 0.25) is 5.82 Å². The van der Waals surface area contributed by atoms with Crippen molar-refractivity contribution in [2.24, 2.45) is 0 Å². The summed E-state index contributed by atoms with van der Waals surface area (Å²) < 4.78 is 0. The van der Waals surface area contributed by atoms with E-state index in [1.807, 2.05) is 24.4 Å². The Kier molecular flexibility index (Phi) is 3.94. The Morgan fingerprint density at radius 2 is 2.35 bits per heavy atom. The van der Waals surface area contributed by atoms with E-state index in [0.29, 0.717) is 0 Å². The number of thiophene rings is 1. The Bertz CT molecular complexity index is 642. The third kappa shape index (κ3) is 2.91. The van der Waals surface area contributed by atoms with Crippen LogP contribution in [0.2, 0.25) is 0 Å². The molecule has 7 nitrogen and oxygen atoms in total. The Labute approximate surface area is 118 Å². The zero-order chi connectivity index (χ0) is 14.7. The molecule has 0 saturated carbocycles. The first-order valence-corrected chi connectivity index (χ1v) is 6.54. The van der Waals surface area contributed by atoms with E-state index in [1.54, 1.807) is 0 Å². The van der Waals surface area contributed by atoms with Crippen LogP contribution in [0.5, 0.6) is 0 Å². The van der Waals surface area contributed by atoms with Crippen molar-refractivity contribution in [3.05, 3.63) is 50.3 Å². The maximum atomic E-state index is 11.0. The number of rotatable bonds is 5. The van der Waals surface area contributed by atoms with Gasteiger partial charge in [-0.25, -0.2) is 9.78 Å². The molecule has 0 aliphatic rings. The molecule has 0 amide bonds. The Balaban J connectivity index is 2.31. The van der Waals surface area contributed by atoms with Crippen molar-refractivity contribution in [3.63, 3.8) is 0 Å². The van der Waals surface area contributed by atoms with Crippen molar-refractivity contribution in [2.45, 2.75) is 13.0 Å². The van der Waals surface area contributed by atoms with Gasteiger partial charge < -0.3 is 10.4 Å². The van der Waals surface area contributed by atoms with E-state index in [4.69, 9.17) is 5.11 Å². The lowest BCUT2D eigenvalue weighted by atomic mass is 10.2. The molecule has 20 heavy (non-hydrogen) atoms. The third-order valence-electron chi connectivity index (χ3n) is 2.63. The number of carbonyl (C=O) groups is 1. The van der Waals surface area contributed by atoms with Crippen molar-refractivity contribution in [1.29, 1.82) is 0 Å². The molecule has 0 aliphatic heterocycles. The second-order valence-corrected chi connectivity index (χ2v) is 5.01. The number of aromatic nitrogens is 1. The van der Waals surface area contributed by atoms with E-state index in [-0.39, 0.29) is 23.1 Å². The quantitative estimate of drug-likeness (QED) is 0.648. The highest BCUT2D eigenvalue weighted by Crippen LogP contribution is 2.28. The lowest BCUT2D eigenvalue weighted by Crippen LogP contribution is -2.10. The number of carboxylic acids is 1. The van der Waals surface area contributed by atoms with Gasteiger partial charge in [-0.1, -0.05) is 6.07 Å². The van der Waals surface area contributed by atoms with Crippen molar-refractivity contribution >= 4 is 28.8 Å². The number of hydrogen-bond donors (Lipinski definition) is 2. The van der Waals surface area contributed by atoms with E-state index in [2.05, 4.69) is 10.3 Å². The number of nitrogens with zero attached hydrogens (tertiary/aromatic N) is 2. The normalized spacial score (nSPS) is 11.8. The van der Waals surface area contributed by atoms with Crippen LogP contribution in [0.15, 0.2) is 29.8 Å². The predicted molar refractivity (Wildman–Crippen MR) is 74.2 cm³/mol. The average molecular weight is 293 g/mol. The smallest absolute Gasteiger partial charge is 0.337 e. The van der Waals surface area contributed by atoms with E-state index in [0.717, 1.165) is 17.1 Å². The minimum Gasteiger partial charge on any atom is -0.478 e. The zero-order valence-electron chi connectivity index (χ0n) is 10.4. The Hall–Kier alpha value is -2.48. The van der Waals surface area contributed by atoms with Gasteiger partial charge in [0.1, 0.15) is 0 Å². The maximum absolute atomic E-state index is 11.0. The van der Waals surface area contributed by atoms with Gasteiger partial charge >= 0.3 is 11.7 Å². The van der Waals surface area contributed by atoms with Gasteiger partial charge in [0.25, 0.3) is 0 Å². The van der Waals surface area contributed by atoms with Crippen molar-refractivity contribution < 1.29 is 14.8 Å². The summed E-state index contributed by atoms with van der Waals surface area (Å²) in [4.78, 5) is 26.0. The SMILES string of the molecule is CC(Nc1ncc(C(=O)O)cc1[N+](=O)[O-])c1cccs1. The Morgan fingerprint density at radius 3 is 2.90 bits per heavy atom. The summed E-state index contributed by atoms with van der Waals surface area (Å²) in [5.74, 6) is -1.20. The summed E-state index contributed by atoms with van der Waals surface area (Å²) in [6.07, 6.45) is 1.10. The fourth-order valence-electron chi connectivity index (χ4n) is 1.63. The number of pyridine rings is 1. The zero-order valence-corrected chi connectivity index (χ0v) is 11.3.